The second-order valence-corrected chi connectivity index (χ2v) is 5.48. The summed E-state index contributed by atoms with van der Waals surface area (Å²) in [5.74, 6) is -1.29. The fourth-order valence-corrected chi connectivity index (χ4v) is 2.50. The third kappa shape index (κ3) is 2.15. The summed E-state index contributed by atoms with van der Waals surface area (Å²) < 4.78 is 2.11. The van der Waals surface area contributed by atoms with E-state index in [0.717, 1.165) is 32.0 Å². The standard InChI is InChI=1S/C14H10BrN3O3/c1-7-11(8-2-4-9(15)5-3-8)12-16-6-10(14(20)21)13(19)18(12)17-7/h2-6,17H,1H3,(H,20,21). The fourth-order valence-electron chi connectivity index (χ4n) is 2.24. The molecule has 0 atom stereocenters. The van der Waals surface area contributed by atoms with Crippen LogP contribution in [0.15, 0.2) is 39.7 Å². The highest BCUT2D eigenvalue weighted by Crippen LogP contribution is 2.27. The fraction of sp³-hybridized carbons (Fsp3) is 0.0714. The van der Waals surface area contributed by atoms with Crippen LogP contribution in [-0.4, -0.2) is 25.7 Å². The summed E-state index contributed by atoms with van der Waals surface area (Å²) in [6.07, 6.45) is 1.09. The summed E-state index contributed by atoms with van der Waals surface area (Å²) in [5.41, 5.74) is 1.82. The molecule has 6 nitrogen and oxygen atoms in total. The van der Waals surface area contributed by atoms with Gasteiger partial charge in [0.2, 0.25) is 0 Å². The smallest absolute Gasteiger partial charge is 0.343 e. The van der Waals surface area contributed by atoms with Crippen LogP contribution < -0.4 is 5.56 Å². The number of aromatic amines is 1. The molecule has 0 unspecified atom stereocenters. The first-order valence-corrected chi connectivity index (χ1v) is 6.88. The van der Waals surface area contributed by atoms with Crippen LogP contribution in [0, 0.1) is 6.92 Å². The van der Waals surface area contributed by atoms with Crippen LogP contribution in [0.2, 0.25) is 0 Å². The molecule has 0 aliphatic carbocycles. The number of carbonyl (C=O) groups is 1. The highest BCUT2D eigenvalue weighted by atomic mass is 79.9. The van der Waals surface area contributed by atoms with Crippen LogP contribution in [0.4, 0.5) is 0 Å². The molecule has 0 fully saturated rings. The molecule has 0 amide bonds. The number of benzene rings is 1. The molecule has 3 rings (SSSR count). The van der Waals surface area contributed by atoms with Gasteiger partial charge in [-0.05, 0) is 24.6 Å². The minimum Gasteiger partial charge on any atom is -0.477 e. The van der Waals surface area contributed by atoms with Gasteiger partial charge in [0.25, 0.3) is 5.56 Å². The zero-order valence-electron chi connectivity index (χ0n) is 10.9. The molecule has 2 heterocycles. The Bertz CT molecular complexity index is 910. The van der Waals surface area contributed by atoms with Crippen LogP contribution in [-0.2, 0) is 0 Å². The molecule has 2 N–H and O–H groups in total. The van der Waals surface area contributed by atoms with Crippen LogP contribution in [0.25, 0.3) is 16.8 Å². The molecule has 7 heteroatoms. The number of nitrogens with zero attached hydrogens (tertiary/aromatic N) is 2. The van der Waals surface area contributed by atoms with E-state index in [1.165, 1.54) is 0 Å². The largest absolute Gasteiger partial charge is 0.477 e. The number of aromatic carboxylic acids is 1. The molecule has 21 heavy (non-hydrogen) atoms. The third-order valence-electron chi connectivity index (χ3n) is 3.20. The second kappa shape index (κ2) is 4.85. The van der Waals surface area contributed by atoms with E-state index < -0.39 is 11.5 Å². The first-order chi connectivity index (χ1) is 9.99. The number of nitrogens with one attached hydrogen (secondary N) is 1. The van der Waals surface area contributed by atoms with Crippen LogP contribution in [0.3, 0.4) is 0 Å². The van der Waals surface area contributed by atoms with E-state index in [4.69, 9.17) is 5.11 Å². The molecular weight excluding hydrogens is 338 g/mol. The Labute approximate surface area is 127 Å². The van der Waals surface area contributed by atoms with Gasteiger partial charge in [-0.1, -0.05) is 28.1 Å². The van der Waals surface area contributed by atoms with Crippen molar-refractivity contribution < 1.29 is 9.90 Å². The number of carboxylic acid groups (broad SMARTS) is 1. The lowest BCUT2D eigenvalue weighted by Crippen LogP contribution is -2.22. The zero-order chi connectivity index (χ0) is 15.1. The maximum atomic E-state index is 12.1. The Kier molecular flexibility index (Phi) is 3.13. The van der Waals surface area contributed by atoms with E-state index in [-0.39, 0.29) is 5.56 Å². The first kappa shape index (κ1) is 13.6. The van der Waals surface area contributed by atoms with Gasteiger partial charge in [0.1, 0.15) is 5.56 Å². The van der Waals surface area contributed by atoms with Gasteiger partial charge in [-0.15, -0.1) is 0 Å². The summed E-state index contributed by atoms with van der Waals surface area (Å²) in [6.45, 7) is 1.81. The monoisotopic (exact) mass is 347 g/mol. The van der Waals surface area contributed by atoms with Crippen LogP contribution in [0.1, 0.15) is 16.1 Å². The molecule has 0 bridgehead atoms. The Morgan fingerprint density at radius 3 is 2.62 bits per heavy atom. The van der Waals surface area contributed by atoms with Crippen molar-refractivity contribution in [3.63, 3.8) is 0 Å². The molecule has 0 aliphatic heterocycles. The summed E-state index contributed by atoms with van der Waals surface area (Å²) in [4.78, 5) is 27.2. The summed E-state index contributed by atoms with van der Waals surface area (Å²) in [6, 6.07) is 7.58. The van der Waals surface area contributed by atoms with E-state index in [9.17, 15) is 9.59 Å². The Morgan fingerprint density at radius 1 is 1.33 bits per heavy atom. The molecule has 3 aromatic rings. The number of hydrogen-bond acceptors (Lipinski definition) is 3. The molecule has 1 aromatic carbocycles. The number of fused-ring (bicyclic) bond motifs is 1. The third-order valence-corrected chi connectivity index (χ3v) is 3.73. The number of rotatable bonds is 2. The van der Waals surface area contributed by atoms with Crippen LogP contribution >= 0.6 is 15.9 Å². The van der Waals surface area contributed by atoms with Crippen LogP contribution in [0.5, 0.6) is 0 Å². The molecule has 2 aromatic heterocycles. The van der Waals surface area contributed by atoms with Gasteiger partial charge in [-0.3, -0.25) is 9.89 Å². The van der Waals surface area contributed by atoms with E-state index >= 15 is 0 Å². The van der Waals surface area contributed by atoms with Gasteiger partial charge in [-0.25, -0.2) is 14.3 Å². The topological polar surface area (TPSA) is 87.5 Å². The highest BCUT2D eigenvalue weighted by molar-refractivity contribution is 9.10. The van der Waals surface area contributed by atoms with E-state index in [1.807, 2.05) is 31.2 Å². The van der Waals surface area contributed by atoms with Crippen molar-refractivity contribution in [3.05, 3.63) is 56.5 Å². The summed E-state index contributed by atoms with van der Waals surface area (Å²) in [7, 11) is 0. The zero-order valence-corrected chi connectivity index (χ0v) is 12.5. The minimum absolute atomic E-state index is 0.365. The number of aromatic nitrogens is 3. The minimum atomic E-state index is -1.29. The molecule has 0 saturated carbocycles. The predicted molar refractivity (Wildman–Crippen MR) is 80.6 cm³/mol. The maximum Gasteiger partial charge on any atom is 0.343 e. The van der Waals surface area contributed by atoms with Gasteiger partial charge < -0.3 is 5.11 Å². The number of carboxylic acids is 1. The average molecular weight is 348 g/mol. The van der Waals surface area contributed by atoms with Crippen molar-refractivity contribution in [1.29, 1.82) is 0 Å². The molecule has 0 saturated heterocycles. The Hall–Kier alpha value is -2.41. The normalized spacial score (nSPS) is 11.0. The Morgan fingerprint density at radius 2 is 2.00 bits per heavy atom. The Balaban J connectivity index is 2.33. The van der Waals surface area contributed by atoms with E-state index in [2.05, 4.69) is 26.0 Å². The van der Waals surface area contributed by atoms with Crippen molar-refractivity contribution in [2.75, 3.05) is 0 Å². The maximum absolute atomic E-state index is 12.1. The molecular formula is C14H10BrN3O3. The molecule has 0 spiro atoms. The van der Waals surface area contributed by atoms with Gasteiger partial charge in [0.15, 0.2) is 5.65 Å². The molecule has 0 radical (unpaired) electrons. The number of H-pyrrole nitrogens is 1. The van der Waals surface area contributed by atoms with E-state index in [1.54, 1.807) is 0 Å². The molecule has 106 valence electrons. The van der Waals surface area contributed by atoms with Gasteiger partial charge >= 0.3 is 5.97 Å². The lowest BCUT2D eigenvalue weighted by atomic mass is 10.1. The van der Waals surface area contributed by atoms with Crippen molar-refractivity contribution in [2.45, 2.75) is 6.92 Å². The van der Waals surface area contributed by atoms with Crippen molar-refractivity contribution in [2.24, 2.45) is 0 Å². The average Bonchev–Trinajstić information content (AvgIpc) is 2.77. The highest BCUT2D eigenvalue weighted by Gasteiger charge is 2.17. The predicted octanol–water partition coefficient (Wildman–Crippen LogP) is 2.46. The number of aryl methyl sites for hydroxylation is 1. The molecule has 0 aliphatic rings. The van der Waals surface area contributed by atoms with Gasteiger partial charge in [0.05, 0.1) is 0 Å². The van der Waals surface area contributed by atoms with Crippen molar-refractivity contribution in [1.82, 2.24) is 14.6 Å². The van der Waals surface area contributed by atoms with Crippen molar-refractivity contribution in [3.8, 4) is 11.1 Å². The first-order valence-electron chi connectivity index (χ1n) is 6.08. The SMILES string of the molecule is Cc1[nH]n2c(=O)c(C(=O)O)cnc2c1-c1ccc(Br)cc1. The van der Waals surface area contributed by atoms with Crippen molar-refractivity contribution >= 4 is 27.5 Å². The summed E-state index contributed by atoms with van der Waals surface area (Å²) >= 11 is 3.37. The summed E-state index contributed by atoms with van der Waals surface area (Å²) in [5, 5.41) is 11.8. The van der Waals surface area contributed by atoms with E-state index in [0.29, 0.717) is 5.65 Å². The lowest BCUT2D eigenvalue weighted by Gasteiger charge is -2.01. The second-order valence-electron chi connectivity index (χ2n) is 4.56. The number of halogens is 1. The quantitative estimate of drug-likeness (QED) is 0.745. The number of hydrogen-bond donors (Lipinski definition) is 2. The van der Waals surface area contributed by atoms with Gasteiger partial charge in [0, 0.05) is 21.9 Å². The van der Waals surface area contributed by atoms with Gasteiger partial charge in [-0.2, -0.15) is 0 Å². The lowest BCUT2D eigenvalue weighted by molar-refractivity contribution is 0.0694.